The Morgan fingerprint density at radius 1 is 0.525 bits per heavy atom. The van der Waals surface area contributed by atoms with Crippen molar-refractivity contribution in [2.75, 3.05) is 26.2 Å². The fourth-order valence-electron chi connectivity index (χ4n) is 5.74. The van der Waals surface area contributed by atoms with Gasteiger partial charge in [-0.3, -0.25) is 14.4 Å². The Morgan fingerprint density at radius 2 is 0.850 bits per heavy atom. The number of carbonyl (C=O) groups is 3. The molecule has 0 aliphatic rings. The number of hydrogen-bond acceptors (Lipinski definition) is 3. The summed E-state index contributed by atoms with van der Waals surface area (Å²) in [7, 11) is 0. The highest BCUT2D eigenvalue weighted by Crippen LogP contribution is 2.25. The predicted octanol–water partition coefficient (Wildman–Crippen LogP) is 8.17. The summed E-state index contributed by atoms with van der Waals surface area (Å²) in [5, 5.41) is 29.4. The van der Waals surface area contributed by atoms with Crippen molar-refractivity contribution < 1.29 is 34.2 Å². The van der Waals surface area contributed by atoms with E-state index in [1.54, 1.807) is 0 Å². The lowest BCUT2D eigenvalue weighted by Crippen LogP contribution is -2.58. The van der Waals surface area contributed by atoms with Gasteiger partial charge in [0.05, 0.1) is 26.2 Å². The third kappa shape index (κ3) is 17.7. The Morgan fingerprint density at radius 3 is 1.18 bits per heavy atom. The highest BCUT2D eigenvalue weighted by atomic mass is 16.4. The number of rotatable bonds is 28. The summed E-state index contributed by atoms with van der Waals surface area (Å²) >= 11 is 0. The maximum absolute atomic E-state index is 12.0. The summed E-state index contributed by atoms with van der Waals surface area (Å²) in [6, 6.07) is 0. The number of carboxylic acid groups (broad SMARTS) is 3. The zero-order valence-electron chi connectivity index (χ0n) is 26.2. The van der Waals surface area contributed by atoms with Crippen LogP contribution in [0.5, 0.6) is 0 Å². The van der Waals surface area contributed by atoms with Gasteiger partial charge in [-0.25, -0.2) is 0 Å². The number of quaternary nitrogens is 1. The molecule has 0 spiro atoms. The van der Waals surface area contributed by atoms with Gasteiger partial charge in [0.15, 0.2) is 0 Å². The van der Waals surface area contributed by atoms with E-state index in [-0.39, 0.29) is 24.1 Å². The first-order valence-corrected chi connectivity index (χ1v) is 16.3. The van der Waals surface area contributed by atoms with Crippen LogP contribution in [-0.2, 0) is 14.4 Å². The van der Waals surface area contributed by atoms with Gasteiger partial charge in [-0.05, 0) is 57.8 Å². The molecule has 0 aromatic rings. The molecule has 0 bridgehead atoms. The second kappa shape index (κ2) is 23.8. The van der Waals surface area contributed by atoms with E-state index in [1.807, 2.05) is 20.8 Å². The smallest absolute Gasteiger partial charge is 0.312 e. The number of hydrogen-bond donors (Lipinski definition) is 3. The summed E-state index contributed by atoms with van der Waals surface area (Å²) < 4.78 is 0.245. The van der Waals surface area contributed by atoms with Crippen molar-refractivity contribution in [1.82, 2.24) is 0 Å². The molecule has 0 saturated heterocycles. The molecule has 0 heterocycles. The number of aliphatic carboxylic acids is 3. The van der Waals surface area contributed by atoms with E-state index in [1.165, 1.54) is 57.8 Å². The normalized spacial score (nSPS) is 15.5. The SMILES string of the molecule is CCCCCCCCCCC/C=C/CCCCC[N+](CC(CC)C(=O)O)(CC(CC)C(=O)O)CC(CC)C(=O)O. The van der Waals surface area contributed by atoms with Gasteiger partial charge < -0.3 is 19.8 Å². The van der Waals surface area contributed by atoms with Gasteiger partial charge in [0.2, 0.25) is 0 Å². The molecule has 3 atom stereocenters. The molecule has 0 aliphatic heterocycles. The molecule has 0 amide bonds. The van der Waals surface area contributed by atoms with Crippen LogP contribution < -0.4 is 0 Å². The van der Waals surface area contributed by atoms with E-state index < -0.39 is 35.7 Å². The highest BCUT2D eigenvalue weighted by molar-refractivity contribution is 5.71. The van der Waals surface area contributed by atoms with Crippen molar-refractivity contribution >= 4 is 17.9 Å². The van der Waals surface area contributed by atoms with E-state index in [4.69, 9.17) is 0 Å². The van der Waals surface area contributed by atoms with E-state index in [0.717, 1.165) is 32.1 Å². The minimum absolute atomic E-state index is 0.245. The van der Waals surface area contributed by atoms with Crippen molar-refractivity contribution in [2.45, 2.75) is 137 Å². The lowest BCUT2D eigenvalue weighted by Gasteiger charge is -2.43. The van der Waals surface area contributed by atoms with E-state index in [0.29, 0.717) is 25.8 Å². The number of nitrogens with zero attached hydrogens (tertiary/aromatic N) is 1. The number of allylic oxidation sites excluding steroid dienone is 2. The first kappa shape index (κ1) is 38.1. The molecule has 0 rings (SSSR count). The van der Waals surface area contributed by atoms with Gasteiger partial charge in [-0.2, -0.15) is 0 Å². The Kier molecular flexibility index (Phi) is 22.7. The van der Waals surface area contributed by atoms with Crippen LogP contribution in [-0.4, -0.2) is 63.9 Å². The molecule has 0 aliphatic carbocycles. The minimum atomic E-state index is -0.895. The lowest BCUT2D eigenvalue weighted by atomic mass is 9.95. The Balaban J connectivity index is 4.93. The van der Waals surface area contributed by atoms with E-state index >= 15 is 0 Å². The second-order valence-corrected chi connectivity index (χ2v) is 11.9. The first-order chi connectivity index (χ1) is 19.2. The molecule has 40 heavy (non-hydrogen) atoms. The van der Waals surface area contributed by atoms with Crippen LogP contribution in [0.2, 0.25) is 0 Å². The Hall–Kier alpha value is -1.89. The molecule has 7 nitrogen and oxygen atoms in total. The molecule has 0 aromatic heterocycles. The average molecular weight is 569 g/mol. The van der Waals surface area contributed by atoms with Crippen molar-refractivity contribution in [3.05, 3.63) is 12.2 Å². The van der Waals surface area contributed by atoms with Gasteiger partial charge in [-0.1, -0.05) is 91.2 Å². The molecule has 0 fully saturated rings. The molecular formula is C33H62NO6+. The van der Waals surface area contributed by atoms with Crippen molar-refractivity contribution in [1.29, 1.82) is 0 Å². The maximum atomic E-state index is 12.0. The zero-order chi connectivity index (χ0) is 30.2. The van der Waals surface area contributed by atoms with Gasteiger partial charge in [0.25, 0.3) is 0 Å². The van der Waals surface area contributed by atoms with Gasteiger partial charge in [0, 0.05) is 0 Å². The van der Waals surface area contributed by atoms with Crippen LogP contribution in [0.3, 0.4) is 0 Å². The lowest BCUT2D eigenvalue weighted by molar-refractivity contribution is -0.935. The fraction of sp³-hybridized carbons (Fsp3) is 0.848. The minimum Gasteiger partial charge on any atom is -0.481 e. The maximum Gasteiger partial charge on any atom is 0.312 e. The zero-order valence-corrected chi connectivity index (χ0v) is 26.2. The monoisotopic (exact) mass is 568 g/mol. The van der Waals surface area contributed by atoms with E-state index in [2.05, 4.69) is 19.1 Å². The molecule has 0 saturated carbocycles. The van der Waals surface area contributed by atoms with Crippen LogP contribution in [0.4, 0.5) is 0 Å². The van der Waals surface area contributed by atoms with E-state index in [9.17, 15) is 29.7 Å². The first-order valence-electron chi connectivity index (χ1n) is 16.3. The summed E-state index contributed by atoms with van der Waals surface area (Å²) in [5.74, 6) is -4.55. The van der Waals surface area contributed by atoms with Crippen LogP contribution in [0.15, 0.2) is 12.2 Å². The van der Waals surface area contributed by atoms with Crippen molar-refractivity contribution in [3.8, 4) is 0 Å². The standard InChI is InChI=1S/C33H61NO6/c1-5-9-10-11-12-13-14-15-16-17-18-19-20-21-22-23-24-34(25-28(6-2)31(35)36,26-29(7-3)32(37)38)27-30(8-4)33(39)40/h18-19,28-30H,5-17,20-27H2,1-4H3,(H2-,35,36,37,38,39,40)/p+1/b19-18+. The average Bonchev–Trinajstić information content (AvgIpc) is 2.92. The van der Waals surface area contributed by atoms with Crippen LogP contribution in [0.1, 0.15) is 137 Å². The Bertz CT molecular complexity index is 647. The largest absolute Gasteiger partial charge is 0.481 e. The van der Waals surface area contributed by atoms with Crippen LogP contribution in [0.25, 0.3) is 0 Å². The molecule has 3 N–H and O–H groups in total. The van der Waals surface area contributed by atoms with Crippen LogP contribution in [0, 0.1) is 17.8 Å². The molecule has 234 valence electrons. The molecule has 3 unspecified atom stereocenters. The van der Waals surface area contributed by atoms with Crippen molar-refractivity contribution in [2.24, 2.45) is 17.8 Å². The van der Waals surface area contributed by atoms with Crippen molar-refractivity contribution in [3.63, 3.8) is 0 Å². The van der Waals surface area contributed by atoms with Gasteiger partial charge in [0.1, 0.15) is 17.8 Å². The topological polar surface area (TPSA) is 112 Å². The summed E-state index contributed by atoms with van der Waals surface area (Å²) in [5.41, 5.74) is 0. The van der Waals surface area contributed by atoms with Gasteiger partial charge in [-0.15, -0.1) is 0 Å². The van der Waals surface area contributed by atoms with Gasteiger partial charge >= 0.3 is 17.9 Å². The predicted molar refractivity (Wildman–Crippen MR) is 163 cm³/mol. The fourth-order valence-corrected chi connectivity index (χ4v) is 5.74. The number of unbranched alkanes of at least 4 members (excludes halogenated alkanes) is 12. The summed E-state index contributed by atoms with van der Waals surface area (Å²) in [6.45, 7) is 9.18. The molecule has 7 heteroatoms. The second-order valence-electron chi connectivity index (χ2n) is 11.9. The summed E-state index contributed by atoms with van der Waals surface area (Å²) in [6.07, 6.45) is 22.8. The number of carboxylic acids is 3. The quantitative estimate of drug-likeness (QED) is 0.0498. The molecule has 0 aromatic carbocycles. The third-order valence-electron chi connectivity index (χ3n) is 8.49. The molecule has 0 radical (unpaired) electrons. The summed E-state index contributed by atoms with van der Waals surface area (Å²) in [4.78, 5) is 35.9. The Labute approximate surface area is 245 Å². The highest BCUT2D eigenvalue weighted by Gasteiger charge is 2.40. The molecular weight excluding hydrogens is 506 g/mol. The third-order valence-corrected chi connectivity index (χ3v) is 8.49. The van der Waals surface area contributed by atoms with Crippen LogP contribution >= 0.6 is 0 Å².